The number of guanidine groups is 1. The fraction of sp³-hybridized carbons (Fsp3) is 0.682. The van der Waals surface area contributed by atoms with E-state index in [0.29, 0.717) is 17.9 Å². The van der Waals surface area contributed by atoms with Gasteiger partial charge < -0.3 is 15.4 Å². The predicted octanol–water partition coefficient (Wildman–Crippen LogP) is 2.05. The Morgan fingerprint density at radius 3 is 2.47 bits per heavy atom. The van der Waals surface area contributed by atoms with Crippen LogP contribution in [0.4, 0.5) is 0 Å². The first-order valence-electron chi connectivity index (χ1n) is 11.1. The van der Waals surface area contributed by atoms with Gasteiger partial charge in [0, 0.05) is 38.8 Å². The summed E-state index contributed by atoms with van der Waals surface area (Å²) in [5.41, 5.74) is 0.163. The van der Waals surface area contributed by atoms with Crippen LogP contribution in [0.25, 0.3) is 0 Å². The molecule has 0 spiro atoms. The van der Waals surface area contributed by atoms with Crippen molar-refractivity contribution < 1.29 is 13.2 Å². The molecule has 1 saturated heterocycles. The van der Waals surface area contributed by atoms with E-state index in [1.165, 1.54) is 32.1 Å². The molecule has 7 nitrogen and oxygen atoms in total. The normalized spacial score (nSPS) is 20.6. The van der Waals surface area contributed by atoms with Crippen LogP contribution in [0.15, 0.2) is 40.2 Å². The van der Waals surface area contributed by atoms with Crippen molar-refractivity contribution >= 4 is 15.8 Å². The van der Waals surface area contributed by atoms with Crippen LogP contribution >= 0.6 is 0 Å². The Morgan fingerprint density at radius 2 is 1.80 bits per heavy atom. The second kappa shape index (κ2) is 11.1. The van der Waals surface area contributed by atoms with Crippen molar-refractivity contribution in [3.05, 3.63) is 30.3 Å². The van der Waals surface area contributed by atoms with E-state index in [2.05, 4.69) is 20.5 Å². The molecule has 2 N–H and O–H groups in total. The highest BCUT2D eigenvalue weighted by molar-refractivity contribution is 7.91. The van der Waals surface area contributed by atoms with E-state index in [0.717, 1.165) is 38.8 Å². The van der Waals surface area contributed by atoms with Gasteiger partial charge in [0.1, 0.15) is 0 Å². The molecule has 3 rings (SSSR count). The number of ether oxygens (including phenoxy) is 1. The number of sulfone groups is 1. The third-order valence-electron chi connectivity index (χ3n) is 6.26. The van der Waals surface area contributed by atoms with Gasteiger partial charge in [-0.05, 0) is 31.4 Å². The highest BCUT2D eigenvalue weighted by Gasteiger charge is 2.38. The lowest BCUT2D eigenvalue weighted by molar-refractivity contribution is -0.0352. The van der Waals surface area contributed by atoms with E-state index in [9.17, 15) is 8.42 Å². The van der Waals surface area contributed by atoms with Gasteiger partial charge in [0.05, 0.1) is 23.9 Å². The fourth-order valence-corrected chi connectivity index (χ4v) is 5.87. The molecule has 1 heterocycles. The summed E-state index contributed by atoms with van der Waals surface area (Å²) in [6, 6.07) is 8.64. The molecule has 0 unspecified atom stereocenters. The van der Waals surface area contributed by atoms with E-state index < -0.39 is 9.84 Å². The first-order chi connectivity index (χ1) is 14.6. The summed E-state index contributed by atoms with van der Waals surface area (Å²) in [6.45, 7) is 5.02. The molecule has 2 aliphatic rings. The van der Waals surface area contributed by atoms with Crippen molar-refractivity contribution in [2.45, 2.75) is 49.0 Å². The van der Waals surface area contributed by atoms with Gasteiger partial charge in [-0.25, -0.2) is 8.42 Å². The van der Waals surface area contributed by atoms with Gasteiger partial charge in [-0.1, -0.05) is 37.5 Å². The average Bonchev–Trinajstić information content (AvgIpc) is 2.80. The van der Waals surface area contributed by atoms with E-state index in [-0.39, 0.29) is 11.3 Å². The van der Waals surface area contributed by atoms with Crippen molar-refractivity contribution in [1.29, 1.82) is 0 Å². The van der Waals surface area contributed by atoms with E-state index in [1.807, 2.05) is 6.07 Å². The summed E-state index contributed by atoms with van der Waals surface area (Å²) in [5, 5.41) is 6.80. The van der Waals surface area contributed by atoms with Gasteiger partial charge >= 0.3 is 0 Å². The first-order valence-corrected chi connectivity index (χ1v) is 12.8. The van der Waals surface area contributed by atoms with Crippen LogP contribution in [0.2, 0.25) is 0 Å². The minimum Gasteiger partial charge on any atom is -0.379 e. The van der Waals surface area contributed by atoms with Crippen molar-refractivity contribution in [1.82, 2.24) is 15.5 Å². The number of aliphatic imine (C=N–C) groups is 1. The molecule has 30 heavy (non-hydrogen) atoms. The zero-order chi connectivity index (χ0) is 21.3. The summed E-state index contributed by atoms with van der Waals surface area (Å²) in [5.74, 6) is 0.865. The molecule has 0 amide bonds. The molecule has 0 aromatic heterocycles. The predicted molar refractivity (Wildman–Crippen MR) is 121 cm³/mol. The molecule has 168 valence electrons. The largest absolute Gasteiger partial charge is 0.379 e. The molecule has 0 atom stereocenters. The van der Waals surface area contributed by atoms with Gasteiger partial charge in [0.15, 0.2) is 15.8 Å². The van der Waals surface area contributed by atoms with Gasteiger partial charge in [-0.15, -0.1) is 0 Å². The third kappa shape index (κ3) is 6.18. The number of hydrogen-bond acceptors (Lipinski definition) is 5. The maximum atomic E-state index is 12.4. The zero-order valence-corrected chi connectivity index (χ0v) is 18.9. The smallest absolute Gasteiger partial charge is 0.191 e. The number of hydrogen-bond donors (Lipinski definition) is 2. The quantitative estimate of drug-likeness (QED) is 0.369. The van der Waals surface area contributed by atoms with Gasteiger partial charge in [0.2, 0.25) is 0 Å². The lowest BCUT2D eigenvalue weighted by atomic mass is 9.80. The number of nitrogens with one attached hydrogen (secondary N) is 2. The average molecular weight is 437 g/mol. The summed E-state index contributed by atoms with van der Waals surface area (Å²) in [7, 11) is -1.48. The summed E-state index contributed by atoms with van der Waals surface area (Å²) >= 11 is 0. The fourth-order valence-electron chi connectivity index (χ4n) is 4.54. The first kappa shape index (κ1) is 23.0. The molecule has 1 aromatic rings. The van der Waals surface area contributed by atoms with E-state index in [4.69, 9.17) is 4.74 Å². The topological polar surface area (TPSA) is 83.0 Å². The Hall–Kier alpha value is -1.64. The molecule has 1 aromatic carbocycles. The molecule has 0 radical (unpaired) electrons. The Bertz CT molecular complexity index is 771. The molecule has 8 heteroatoms. The number of rotatable bonds is 8. The van der Waals surface area contributed by atoms with Gasteiger partial charge in [-0.3, -0.25) is 9.89 Å². The second-order valence-corrected chi connectivity index (χ2v) is 10.3. The standard InChI is InChI=1S/C22H36N4O3S/c1-23-21(24-13-8-18-30(27,28)20-9-4-2-5-10-20)25-19-22(11-6-3-7-12-22)26-14-16-29-17-15-26/h2,4-5,9-10H,3,6-8,11-19H2,1H3,(H2,23,24,25). The third-order valence-corrected chi connectivity index (χ3v) is 8.08. The molecule has 2 fully saturated rings. The SMILES string of the molecule is CN=C(NCCCS(=O)(=O)c1ccccc1)NCC1(N2CCOCC2)CCCCC1. The molecule has 1 saturated carbocycles. The number of benzene rings is 1. The minimum absolute atomic E-state index is 0.124. The van der Waals surface area contributed by atoms with Crippen LogP contribution in [0.5, 0.6) is 0 Å². The minimum atomic E-state index is -3.24. The van der Waals surface area contributed by atoms with E-state index >= 15 is 0 Å². The maximum absolute atomic E-state index is 12.4. The lowest BCUT2D eigenvalue weighted by Crippen LogP contribution is -2.60. The maximum Gasteiger partial charge on any atom is 0.191 e. The Balaban J connectivity index is 1.47. The van der Waals surface area contributed by atoms with E-state index in [1.54, 1.807) is 31.3 Å². The molecule has 1 aliphatic heterocycles. The van der Waals surface area contributed by atoms with Crippen LogP contribution in [0, 0.1) is 0 Å². The zero-order valence-electron chi connectivity index (χ0n) is 18.1. The van der Waals surface area contributed by atoms with Crippen LogP contribution in [0.1, 0.15) is 38.5 Å². The van der Waals surface area contributed by atoms with Gasteiger partial charge in [-0.2, -0.15) is 0 Å². The molecular formula is C22H36N4O3S. The Kier molecular flexibility index (Phi) is 8.53. The molecular weight excluding hydrogens is 400 g/mol. The highest BCUT2D eigenvalue weighted by atomic mass is 32.2. The summed E-state index contributed by atoms with van der Waals surface area (Å²) in [4.78, 5) is 7.33. The van der Waals surface area contributed by atoms with Crippen molar-refractivity contribution in [2.24, 2.45) is 4.99 Å². The van der Waals surface area contributed by atoms with Crippen LogP contribution in [0.3, 0.4) is 0 Å². The second-order valence-electron chi connectivity index (χ2n) is 8.22. The van der Waals surface area contributed by atoms with Crippen molar-refractivity contribution in [3.63, 3.8) is 0 Å². The molecule has 1 aliphatic carbocycles. The van der Waals surface area contributed by atoms with Crippen molar-refractivity contribution in [3.8, 4) is 0 Å². The van der Waals surface area contributed by atoms with Crippen molar-refractivity contribution in [2.75, 3.05) is 52.2 Å². The number of morpholine rings is 1. The lowest BCUT2D eigenvalue weighted by Gasteiger charge is -2.48. The van der Waals surface area contributed by atoms with Crippen LogP contribution in [-0.2, 0) is 14.6 Å². The summed E-state index contributed by atoms with van der Waals surface area (Å²) in [6.07, 6.45) is 6.78. The van der Waals surface area contributed by atoms with Crippen LogP contribution < -0.4 is 10.6 Å². The van der Waals surface area contributed by atoms with Crippen LogP contribution in [-0.4, -0.2) is 77.0 Å². The Labute approximate surface area is 181 Å². The number of nitrogens with zero attached hydrogens (tertiary/aromatic N) is 2. The molecule has 0 bridgehead atoms. The monoisotopic (exact) mass is 436 g/mol. The van der Waals surface area contributed by atoms with Gasteiger partial charge in [0.25, 0.3) is 0 Å². The highest BCUT2D eigenvalue weighted by Crippen LogP contribution is 2.33. The Morgan fingerprint density at radius 1 is 1.10 bits per heavy atom. The summed E-state index contributed by atoms with van der Waals surface area (Å²) < 4.78 is 30.4.